The van der Waals surface area contributed by atoms with Crippen LogP contribution < -0.4 is 5.73 Å². The van der Waals surface area contributed by atoms with Crippen molar-refractivity contribution in [3.63, 3.8) is 0 Å². The lowest BCUT2D eigenvalue weighted by atomic mass is 10.0. The van der Waals surface area contributed by atoms with Crippen LogP contribution >= 0.6 is 29.2 Å². The second-order valence-electron chi connectivity index (χ2n) is 10.9. The van der Waals surface area contributed by atoms with Crippen LogP contribution in [-0.4, -0.2) is 55.0 Å². The summed E-state index contributed by atoms with van der Waals surface area (Å²) in [6.07, 6.45) is 24.4. The summed E-state index contributed by atoms with van der Waals surface area (Å²) in [7, 11) is -0.287. The largest absolute Gasteiger partial charge is 0.382 e. The molecule has 0 saturated heterocycles. The molecular formula is C29H54N5O4PS2. The Kier molecular flexibility index (Phi) is 20.1. The van der Waals surface area contributed by atoms with Crippen LogP contribution in [0.2, 0.25) is 0 Å². The molecule has 2 atom stereocenters. The van der Waals surface area contributed by atoms with Gasteiger partial charge in [-0.15, -0.1) is 0 Å². The Balaban J connectivity index is 1.35. The number of hydrogen-bond donors (Lipinski definition) is 2. The van der Waals surface area contributed by atoms with Gasteiger partial charge in [-0.3, -0.25) is 4.57 Å². The highest BCUT2D eigenvalue weighted by Gasteiger charge is 2.21. The number of hydrogen-bond acceptors (Lipinski definition) is 9. The molecule has 0 bridgehead atoms. The standard InChI is InChI=1S/C29H54N5O4PS2/c1-3-4-5-6-7-8-9-10-11-12-13-14-15-16-17-18-20-40-41-21-19-38-39(35,36)25-37-26(2)22-34-24-33-27-28(30)31-23-32-29(27)34/h23-24,26H,3-22,25H2,1-2H3,(H,35,36)(H2,30,31,32)/t26-/m1/s1. The van der Waals surface area contributed by atoms with E-state index in [1.54, 1.807) is 21.7 Å². The van der Waals surface area contributed by atoms with Crippen LogP contribution in [0.15, 0.2) is 12.7 Å². The van der Waals surface area contributed by atoms with Gasteiger partial charge in [0.2, 0.25) is 0 Å². The van der Waals surface area contributed by atoms with Crippen molar-refractivity contribution in [2.75, 3.05) is 30.2 Å². The van der Waals surface area contributed by atoms with Crippen LogP contribution in [0.4, 0.5) is 5.82 Å². The minimum atomic E-state index is -3.80. The molecule has 0 aliphatic heterocycles. The van der Waals surface area contributed by atoms with E-state index >= 15 is 0 Å². The molecule has 0 spiro atoms. The number of anilines is 1. The Hall–Kier alpha value is -0.840. The molecule has 2 heterocycles. The van der Waals surface area contributed by atoms with Crippen LogP contribution in [-0.2, 0) is 20.4 Å². The highest BCUT2D eigenvalue weighted by Crippen LogP contribution is 2.42. The fraction of sp³-hybridized carbons (Fsp3) is 0.828. The highest BCUT2D eigenvalue weighted by molar-refractivity contribution is 8.76. The van der Waals surface area contributed by atoms with Gasteiger partial charge in [0, 0.05) is 11.5 Å². The van der Waals surface area contributed by atoms with Gasteiger partial charge in [0.1, 0.15) is 18.2 Å². The summed E-state index contributed by atoms with van der Waals surface area (Å²) < 4.78 is 24.9. The second-order valence-corrected chi connectivity index (χ2v) is 15.3. The first kappa shape index (κ1) is 36.4. The van der Waals surface area contributed by atoms with Gasteiger partial charge in [-0.05, 0) is 13.3 Å². The molecule has 0 aliphatic rings. The fourth-order valence-electron chi connectivity index (χ4n) is 4.66. The summed E-state index contributed by atoms with van der Waals surface area (Å²) in [4.78, 5) is 22.4. The Morgan fingerprint density at radius 3 is 2.05 bits per heavy atom. The van der Waals surface area contributed by atoms with Crippen LogP contribution in [0.1, 0.15) is 117 Å². The number of nitrogens with zero attached hydrogens (tertiary/aromatic N) is 4. The average Bonchev–Trinajstić information content (AvgIpc) is 3.36. The molecule has 9 nitrogen and oxygen atoms in total. The number of nitrogens with two attached hydrogens (primary N) is 1. The van der Waals surface area contributed by atoms with E-state index in [0.717, 1.165) is 5.75 Å². The van der Waals surface area contributed by atoms with Gasteiger partial charge in [0.05, 0.1) is 25.6 Å². The summed E-state index contributed by atoms with van der Waals surface area (Å²) in [5.41, 5.74) is 6.95. The van der Waals surface area contributed by atoms with Crippen molar-refractivity contribution in [2.24, 2.45) is 0 Å². The molecule has 2 aromatic rings. The first-order chi connectivity index (χ1) is 19.9. The molecule has 0 saturated carbocycles. The van der Waals surface area contributed by atoms with Gasteiger partial charge in [-0.25, -0.2) is 15.0 Å². The monoisotopic (exact) mass is 631 g/mol. The van der Waals surface area contributed by atoms with E-state index in [0.29, 0.717) is 29.3 Å². The molecule has 0 radical (unpaired) electrons. The van der Waals surface area contributed by atoms with Gasteiger partial charge in [0.15, 0.2) is 11.5 Å². The number of imidazole rings is 1. The summed E-state index contributed by atoms with van der Waals surface area (Å²) in [6.45, 7) is 4.74. The predicted octanol–water partition coefficient (Wildman–Crippen LogP) is 8.62. The number of unbranched alkanes of at least 4 members (excludes halogenated alkanes) is 15. The van der Waals surface area contributed by atoms with Crippen molar-refractivity contribution < 1.29 is 18.7 Å². The summed E-state index contributed by atoms with van der Waals surface area (Å²) in [5.74, 6) is 2.10. The quantitative estimate of drug-likeness (QED) is 0.0562. The SMILES string of the molecule is CCCCCCCCCCCCCCCCCCSSCCOP(=O)(O)CO[C@H](C)Cn1cnc2c(N)ncnc21. The minimum absolute atomic E-state index is 0.227. The van der Waals surface area contributed by atoms with Gasteiger partial charge >= 0.3 is 7.60 Å². The van der Waals surface area contributed by atoms with E-state index in [2.05, 4.69) is 21.9 Å². The highest BCUT2D eigenvalue weighted by atomic mass is 33.1. The van der Waals surface area contributed by atoms with E-state index < -0.39 is 7.60 Å². The molecule has 2 rings (SSSR count). The lowest BCUT2D eigenvalue weighted by molar-refractivity contribution is 0.0724. The molecule has 1 unspecified atom stereocenters. The first-order valence-corrected chi connectivity index (χ1v) is 19.9. The van der Waals surface area contributed by atoms with Crippen molar-refractivity contribution in [1.82, 2.24) is 19.5 Å². The average molecular weight is 632 g/mol. The maximum atomic E-state index is 12.3. The van der Waals surface area contributed by atoms with E-state index in [1.165, 1.54) is 109 Å². The zero-order valence-corrected chi connectivity index (χ0v) is 27.9. The fourth-order valence-corrected chi connectivity index (χ4v) is 7.65. The number of aromatic nitrogens is 4. The zero-order chi connectivity index (χ0) is 29.6. The lowest BCUT2D eigenvalue weighted by Crippen LogP contribution is -2.17. The zero-order valence-electron chi connectivity index (χ0n) is 25.4. The van der Waals surface area contributed by atoms with Crippen LogP contribution in [0.5, 0.6) is 0 Å². The van der Waals surface area contributed by atoms with Crippen molar-refractivity contribution in [3.05, 3.63) is 12.7 Å². The molecule has 236 valence electrons. The molecule has 0 aliphatic carbocycles. The smallest absolute Gasteiger partial charge is 0.353 e. The summed E-state index contributed by atoms with van der Waals surface area (Å²) >= 11 is 0. The van der Waals surface area contributed by atoms with Crippen molar-refractivity contribution >= 4 is 46.2 Å². The van der Waals surface area contributed by atoms with Crippen molar-refractivity contribution in [1.29, 1.82) is 0 Å². The topological polar surface area (TPSA) is 125 Å². The first-order valence-electron chi connectivity index (χ1n) is 15.7. The van der Waals surface area contributed by atoms with Crippen LogP contribution in [0.3, 0.4) is 0 Å². The Morgan fingerprint density at radius 1 is 0.878 bits per heavy atom. The molecule has 0 amide bonds. The van der Waals surface area contributed by atoms with E-state index in [4.69, 9.17) is 15.0 Å². The number of nitrogen functional groups attached to an aromatic ring is 1. The Bertz CT molecular complexity index is 984. The third kappa shape index (κ3) is 17.1. The van der Waals surface area contributed by atoms with Gasteiger partial charge in [-0.2, -0.15) is 0 Å². The number of rotatable bonds is 27. The predicted molar refractivity (Wildman–Crippen MR) is 175 cm³/mol. The summed E-state index contributed by atoms with van der Waals surface area (Å²) in [5, 5.41) is 0. The molecular weight excluding hydrogens is 577 g/mol. The third-order valence-electron chi connectivity index (χ3n) is 7.03. The maximum Gasteiger partial charge on any atom is 0.353 e. The second kappa shape index (κ2) is 22.7. The summed E-state index contributed by atoms with van der Waals surface area (Å²) in [6, 6.07) is 0. The van der Waals surface area contributed by atoms with Gasteiger partial charge < -0.3 is 24.5 Å². The minimum Gasteiger partial charge on any atom is -0.382 e. The normalized spacial score (nSPS) is 14.0. The van der Waals surface area contributed by atoms with Crippen molar-refractivity contribution in [2.45, 2.75) is 129 Å². The van der Waals surface area contributed by atoms with Crippen LogP contribution in [0.25, 0.3) is 11.2 Å². The number of ether oxygens (including phenoxy) is 1. The molecule has 41 heavy (non-hydrogen) atoms. The Morgan fingerprint density at radius 2 is 1.44 bits per heavy atom. The number of fused-ring (bicyclic) bond motifs is 1. The van der Waals surface area contributed by atoms with Gasteiger partial charge in [0.25, 0.3) is 0 Å². The van der Waals surface area contributed by atoms with Crippen LogP contribution in [0, 0.1) is 0 Å². The molecule has 3 N–H and O–H groups in total. The molecule has 2 aromatic heterocycles. The third-order valence-corrected chi connectivity index (χ3v) is 10.5. The van der Waals surface area contributed by atoms with E-state index in [-0.39, 0.29) is 19.1 Å². The molecule has 12 heteroatoms. The van der Waals surface area contributed by atoms with E-state index in [9.17, 15) is 9.46 Å². The van der Waals surface area contributed by atoms with E-state index in [1.807, 2.05) is 17.7 Å². The Labute approximate surface area is 255 Å². The van der Waals surface area contributed by atoms with Gasteiger partial charge in [-0.1, -0.05) is 125 Å². The van der Waals surface area contributed by atoms with Crippen molar-refractivity contribution in [3.8, 4) is 0 Å². The molecule has 0 aromatic carbocycles. The molecule has 0 fully saturated rings. The lowest BCUT2D eigenvalue weighted by Gasteiger charge is -2.17. The maximum absolute atomic E-state index is 12.3.